The van der Waals surface area contributed by atoms with E-state index in [2.05, 4.69) is 27.7 Å². The van der Waals surface area contributed by atoms with Crippen molar-refractivity contribution in [3.63, 3.8) is 0 Å². The molecule has 0 fully saturated rings. The highest BCUT2D eigenvalue weighted by molar-refractivity contribution is 7.47. The lowest BCUT2D eigenvalue weighted by Crippen LogP contribution is -2.30. The van der Waals surface area contributed by atoms with Gasteiger partial charge < -0.3 is 33.8 Å². The molecule has 0 aliphatic heterocycles. The smallest absolute Gasteiger partial charge is 0.462 e. The van der Waals surface area contributed by atoms with E-state index in [-0.39, 0.29) is 25.7 Å². The maximum atomic E-state index is 13.1. The molecule has 0 aromatic heterocycles. The summed E-state index contributed by atoms with van der Waals surface area (Å²) in [4.78, 5) is 72.9. The number of carbonyl (C=O) groups excluding carboxylic acids is 4. The molecule has 0 saturated carbocycles. The first-order chi connectivity index (χ1) is 47.2. The highest BCUT2D eigenvalue weighted by atomic mass is 31.2. The van der Waals surface area contributed by atoms with E-state index in [1.807, 2.05) is 0 Å². The number of aliphatic hydroxyl groups is 1. The second kappa shape index (κ2) is 72.4. The van der Waals surface area contributed by atoms with Gasteiger partial charge in [0.2, 0.25) is 0 Å². The van der Waals surface area contributed by atoms with E-state index in [1.165, 1.54) is 250 Å². The van der Waals surface area contributed by atoms with Crippen molar-refractivity contribution in [3.8, 4) is 0 Å². The van der Waals surface area contributed by atoms with Crippen LogP contribution in [0.5, 0.6) is 0 Å². The number of ether oxygens (including phenoxy) is 4. The van der Waals surface area contributed by atoms with Gasteiger partial charge in [0.1, 0.15) is 19.3 Å². The van der Waals surface area contributed by atoms with Gasteiger partial charge in [-0.15, -0.1) is 0 Å². The minimum Gasteiger partial charge on any atom is -0.462 e. The molecule has 0 aromatic carbocycles. The van der Waals surface area contributed by atoms with Crippen molar-refractivity contribution in [1.29, 1.82) is 0 Å². The van der Waals surface area contributed by atoms with Gasteiger partial charge in [0.05, 0.1) is 26.4 Å². The fraction of sp³-hybridized carbons (Fsp3) is 0.949. The monoisotopic (exact) mass is 1420 g/mol. The normalized spacial score (nSPS) is 13.8. The van der Waals surface area contributed by atoms with E-state index in [1.54, 1.807) is 0 Å². The van der Waals surface area contributed by atoms with E-state index in [9.17, 15) is 43.2 Å². The summed E-state index contributed by atoms with van der Waals surface area (Å²) < 4.78 is 68.6. The van der Waals surface area contributed by atoms with Crippen LogP contribution < -0.4 is 0 Å². The van der Waals surface area contributed by atoms with Crippen LogP contribution in [0.4, 0.5) is 0 Å². The molecule has 3 unspecified atom stereocenters. The molecule has 3 N–H and O–H groups in total. The predicted octanol–water partition coefficient (Wildman–Crippen LogP) is 23.4. The fourth-order valence-corrected chi connectivity index (χ4v) is 13.7. The van der Waals surface area contributed by atoms with Gasteiger partial charge in [-0.3, -0.25) is 37.3 Å². The number of rotatable bonds is 79. The molecule has 0 heterocycles. The average molecular weight is 1420 g/mol. The first-order valence-electron chi connectivity index (χ1n) is 40.8. The summed E-state index contributed by atoms with van der Waals surface area (Å²) >= 11 is 0. The minimum atomic E-state index is -4.96. The second-order valence-electron chi connectivity index (χ2n) is 28.1. The molecule has 0 radical (unpaired) electrons. The number of aliphatic hydroxyl groups excluding tert-OH is 1. The van der Waals surface area contributed by atoms with Crippen molar-refractivity contribution in [2.75, 3.05) is 39.6 Å². The van der Waals surface area contributed by atoms with Crippen LogP contribution in [0.2, 0.25) is 0 Å². The van der Waals surface area contributed by atoms with Crippen LogP contribution >= 0.6 is 15.6 Å². The van der Waals surface area contributed by atoms with Gasteiger partial charge in [-0.1, -0.05) is 368 Å². The number of esters is 4. The Labute approximate surface area is 594 Å². The third-order valence-corrected chi connectivity index (χ3v) is 20.3. The lowest BCUT2D eigenvalue weighted by Gasteiger charge is -2.21. The van der Waals surface area contributed by atoms with Crippen LogP contribution in [0.1, 0.15) is 419 Å². The van der Waals surface area contributed by atoms with Gasteiger partial charge >= 0.3 is 39.5 Å². The van der Waals surface area contributed by atoms with Crippen LogP contribution in [0, 0.1) is 0 Å². The molecular weight excluding hydrogens is 1270 g/mol. The highest BCUT2D eigenvalue weighted by Gasteiger charge is 2.30. The van der Waals surface area contributed by atoms with Crippen LogP contribution in [-0.4, -0.2) is 96.7 Å². The first kappa shape index (κ1) is 95.1. The average Bonchev–Trinajstić information content (AvgIpc) is 1.70. The van der Waals surface area contributed by atoms with Gasteiger partial charge in [0, 0.05) is 25.7 Å². The number of unbranched alkanes of at least 4 members (excludes halogenated alkanes) is 53. The van der Waals surface area contributed by atoms with Crippen LogP contribution in [0.25, 0.3) is 0 Å². The van der Waals surface area contributed by atoms with Crippen LogP contribution in [-0.2, 0) is 65.4 Å². The lowest BCUT2D eigenvalue weighted by atomic mass is 10.0. The fourth-order valence-electron chi connectivity index (χ4n) is 12.1. The van der Waals surface area contributed by atoms with Crippen molar-refractivity contribution in [2.45, 2.75) is 438 Å². The summed E-state index contributed by atoms with van der Waals surface area (Å²) in [7, 11) is -9.91. The molecule has 5 atom stereocenters. The van der Waals surface area contributed by atoms with E-state index in [4.69, 9.17) is 37.0 Å². The SMILES string of the molecule is CCCCCCCCCCCCCCCCCCCC(=O)O[C@H](COC(=O)CCCCCCCCCCCCCCCCC)COP(=O)(O)OCC(O)COP(=O)(O)OC[C@@H](COC(=O)CCCCCCCCCCCCCC)OC(=O)CCCCCCCCCCCCCCC. The zero-order chi connectivity index (χ0) is 71.1. The molecule has 0 amide bonds. The predicted molar refractivity (Wildman–Crippen MR) is 395 cm³/mol. The van der Waals surface area contributed by atoms with Crippen LogP contribution in [0.15, 0.2) is 0 Å². The van der Waals surface area contributed by atoms with Crippen molar-refractivity contribution in [3.05, 3.63) is 0 Å². The van der Waals surface area contributed by atoms with Crippen molar-refractivity contribution in [2.24, 2.45) is 0 Å². The third-order valence-electron chi connectivity index (χ3n) is 18.4. The Kier molecular flexibility index (Phi) is 71.0. The molecule has 0 aliphatic rings. The van der Waals surface area contributed by atoms with Gasteiger partial charge in [0.25, 0.3) is 0 Å². The Morgan fingerprint density at radius 1 is 0.247 bits per heavy atom. The maximum Gasteiger partial charge on any atom is 0.472 e. The van der Waals surface area contributed by atoms with Crippen molar-refractivity contribution < 1.29 is 80.2 Å². The topological polar surface area (TPSA) is 237 Å². The molecule has 19 heteroatoms. The number of phosphoric ester groups is 2. The van der Waals surface area contributed by atoms with E-state index in [0.717, 1.165) is 89.9 Å². The quantitative estimate of drug-likeness (QED) is 0.0222. The van der Waals surface area contributed by atoms with Gasteiger partial charge in [0.15, 0.2) is 12.2 Å². The van der Waals surface area contributed by atoms with Gasteiger partial charge in [-0.05, 0) is 25.7 Å². The Hall–Kier alpha value is -1.94. The minimum absolute atomic E-state index is 0.109. The number of hydrogen-bond donors (Lipinski definition) is 3. The second-order valence-corrected chi connectivity index (χ2v) is 31.0. The van der Waals surface area contributed by atoms with Gasteiger partial charge in [-0.25, -0.2) is 9.13 Å². The summed E-state index contributed by atoms with van der Waals surface area (Å²) in [5.74, 6) is -2.10. The summed E-state index contributed by atoms with van der Waals surface area (Å²) in [6, 6.07) is 0. The number of hydrogen-bond acceptors (Lipinski definition) is 15. The Bertz CT molecular complexity index is 1840. The summed E-state index contributed by atoms with van der Waals surface area (Å²) in [6.45, 7) is 5.02. The third kappa shape index (κ3) is 72.2. The zero-order valence-electron chi connectivity index (χ0n) is 63.1. The molecular formula is C78H152O17P2. The van der Waals surface area contributed by atoms with Crippen molar-refractivity contribution in [1.82, 2.24) is 0 Å². The first-order valence-corrected chi connectivity index (χ1v) is 43.8. The zero-order valence-corrected chi connectivity index (χ0v) is 64.8. The molecule has 0 rings (SSSR count). The highest BCUT2D eigenvalue weighted by Crippen LogP contribution is 2.45. The molecule has 0 saturated heterocycles. The Morgan fingerprint density at radius 2 is 0.412 bits per heavy atom. The van der Waals surface area contributed by atoms with Gasteiger partial charge in [-0.2, -0.15) is 0 Å². The van der Waals surface area contributed by atoms with E-state index in [0.29, 0.717) is 25.7 Å². The molecule has 576 valence electrons. The maximum absolute atomic E-state index is 13.1. The Morgan fingerprint density at radius 3 is 0.608 bits per heavy atom. The molecule has 0 aliphatic carbocycles. The molecule has 0 aromatic rings. The number of phosphoric acid groups is 2. The molecule has 17 nitrogen and oxygen atoms in total. The number of carbonyl (C=O) groups is 4. The van der Waals surface area contributed by atoms with E-state index >= 15 is 0 Å². The molecule has 97 heavy (non-hydrogen) atoms. The Balaban J connectivity index is 5.25. The lowest BCUT2D eigenvalue weighted by molar-refractivity contribution is -0.161. The summed E-state index contributed by atoms with van der Waals surface area (Å²) in [6.07, 6.45) is 63.6. The van der Waals surface area contributed by atoms with E-state index < -0.39 is 97.5 Å². The van der Waals surface area contributed by atoms with Crippen LogP contribution in [0.3, 0.4) is 0 Å². The molecule has 0 bridgehead atoms. The molecule has 0 spiro atoms. The standard InChI is InChI=1S/C78H152O17P2/c1-5-9-13-17-21-25-29-33-35-36-38-41-45-49-53-57-61-65-78(83)95-74(69-89-76(81)63-59-55-51-47-43-40-37-34-30-26-22-18-14-10-6-2)71-93-97(86,87)91-67-72(79)66-90-96(84,85)92-70-73(68-88-75(80)62-58-54-50-46-42-32-28-24-20-16-12-8-4)94-77(82)64-60-56-52-48-44-39-31-27-23-19-15-11-7-3/h72-74,79H,5-71H2,1-4H3,(H,84,85)(H,86,87)/t72?,73-,74-/m1/s1. The summed E-state index contributed by atoms with van der Waals surface area (Å²) in [5.41, 5.74) is 0. The largest absolute Gasteiger partial charge is 0.472 e. The summed E-state index contributed by atoms with van der Waals surface area (Å²) in [5, 5.41) is 10.6. The van der Waals surface area contributed by atoms with Crippen molar-refractivity contribution >= 4 is 39.5 Å².